The van der Waals surface area contributed by atoms with Crippen LogP contribution in [0.1, 0.15) is 19.8 Å². The SMILES string of the molecule is C[C@@H]1C(=O)N(C)c2ccc(Nc3cccc(S(=O)(=O)N(C)C)c3)nc2N1C1CCN(C)CC1. The molecular formula is C23H32N6O3S. The average Bonchev–Trinajstić information content (AvgIpc) is 2.79. The number of carbonyl (C=O) groups excluding carboxylic acids is 1. The van der Waals surface area contributed by atoms with Gasteiger partial charge < -0.3 is 20.0 Å². The summed E-state index contributed by atoms with van der Waals surface area (Å²) in [5.41, 5.74) is 1.41. The number of amides is 1. The number of aromatic nitrogens is 1. The second-order valence-corrected chi connectivity index (χ2v) is 11.1. The molecule has 1 aromatic heterocycles. The van der Waals surface area contributed by atoms with E-state index in [1.54, 1.807) is 30.1 Å². The summed E-state index contributed by atoms with van der Waals surface area (Å²) in [5.74, 6) is 1.44. The second kappa shape index (κ2) is 8.92. The van der Waals surface area contributed by atoms with Gasteiger partial charge in [0.1, 0.15) is 11.9 Å². The first-order chi connectivity index (χ1) is 15.6. The molecule has 2 aromatic rings. The van der Waals surface area contributed by atoms with E-state index in [0.29, 0.717) is 11.5 Å². The van der Waals surface area contributed by atoms with Gasteiger partial charge in [-0.1, -0.05) is 6.07 Å². The van der Waals surface area contributed by atoms with Crippen LogP contribution < -0.4 is 15.1 Å². The summed E-state index contributed by atoms with van der Waals surface area (Å²) in [7, 11) is 3.39. The molecular weight excluding hydrogens is 440 g/mol. The van der Waals surface area contributed by atoms with Crippen LogP contribution >= 0.6 is 0 Å². The molecule has 1 fully saturated rings. The summed E-state index contributed by atoms with van der Waals surface area (Å²) in [6.07, 6.45) is 1.95. The molecule has 0 radical (unpaired) electrons. The molecule has 3 heterocycles. The van der Waals surface area contributed by atoms with Crippen LogP contribution in [0.5, 0.6) is 0 Å². The van der Waals surface area contributed by atoms with Crippen LogP contribution in [0.3, 0.4) is 0 Å². The first-order valence-electron chi connectivity index (χ1n) is 11.1. The van der Waals surface area contributed by atoms with Crippen molar-refractivity contribution >= 4 is 38.9 Å². The maximum absolute atomic E-state index is 12.9. The summed E-state index contributed by atoms with van der Waals surface area (Å²) in [4.78, 5) is 24.2. The maximum Gasteiger partial charge on any atom is 0.249 e. The van der Waals surface area contributed by atoms with Gasteiger partial charge in [0.25, 0.3) is 0 Å². The highest BCUT2D eigenvalue weighted by atomic mass is 32.2. The van der Waals surface area contributed by atoms with Gasteiger partial charge in [-0.25, -0.2) is 17.7 Å². The quantitative estimate of drug-likeness (QED) is 0.714. The van der Waals surface area contributed by atoms with Gasteiger partial charge in [-0.2, -0.15) is 0 Å². The minimum atomic E-state index is -3.54. The Labute approximate surface area is 196 Å². The number of fused-ring (bicyclic) bond motifs is 1. The van der Waals surface area contributed by atoms with E-state index >= 15 is 0 Å². The van der Waals surface area contributed by atoms with Gasteiger partial charge in [0, 0.05) is 32.9 Å². The fourth-order valence-electron chi connectivity index (χ4n) is 4.52. The number of nitrogens with zero attached hydrogens (tertiary/aromatic N) is 5. The lowest BCUT2D eigenvalue weighted by atomic mass is 9.99. The number of rotatable bonds is 5. The van der Waals surface area contributed by atoms with Crippen LogP contribution in [0.4, 0.5) is 23.0 Å². The zero-order chi connectivity index (χ0) is 23.9. The summed E-state index contributed by atoms with van der Waals surface area (Å²) in [6.45, 7) is 3.91. The summed E-state index contributed by atoms with van der Waals surface area (Å²) in [5, 5.41) is 3.24. The molecule has 1 aromatic carbocycles. The fourth-order valence-corrected chi connectivity index (χ4v) is 5.47. The highest BCUT2D eigenvalue weighted by Crippen LogP contribution is 2.38. The van der Waals surface area contributed by atoms with Crippen LogP contribution in [-0.2, 0) is 14.8 Å². The third-order valence-electron chi connectivity index (χ3n) is 6.53. The molecule has 178 valence electrons. The molecule has 2 aliphatic heterocycles. The van der Waals surface area contributed by atoms with Crippen LogP contribution in [0.15, 0.2) is 41.3 Å². The fraction of sp³-hybridized carbons (Fsp3) is 0.478. The van der Waals surface area contributed by atoms with E-state index in [0.717, 1.165) is 37.4 Å². The van der Waals surface area contributed by atoms with E-state index in [2.05, 4.69) is 22.2 Å². The predicted octanol–water partition coefficient (Wildman–Crippen LogP) is 2.34. The Morgan fingerprint density at radius 1 is 1.09 bits per heavy atom. The second-order valence-electron chi connectivity index (χ2n) is 8.99. The maximum atomic E-state index is 12.9. The highest BCUT2D eigenvalue weighted by Gasteiger charge is 2.39. The number of benzene rings is 1. The molecule has 9 nitrogen and oxygen atoms in total. The van der Waals surface area contributed by atoms with Gasteiger partial charge in [0.15, 0.2) is 5.82 Å². The van der Waals surface area contributed by atoms with Crippen molar-refractivity contribution in [1.29, 1.82) is 0 Å². The van der Waals surface area contributed by atoms with Crippen LogP contribution in [-0.4, -0.2) is 81.9 Å². The van der Waals surface area contributed by atoms with Gasteiger partial charge >= 0.3 is 0 Å². The number of nitrogens with one attached hydrogen (secondary N) is 1. The van der Waals surface area contributed by atoms with E-state index in [-0.39, 0.29) is 22.9 Å². The molecule has 1 atom stereocenters. The van der Waals surface area contributed by atoms with Crippen LogP contribution in [0.2, 0.25) is 0 Å². The average molecular weight is 473 g/mol. The van der Waals surface area contributed by atoms with Gasteiger partial charge in [-0.3, -0.25) is 4.79 Å². The van der Waals surface area contributed by atoms with Gasteiger partial charge in [-0.15, -0.1) is 0 Å². The monoisotopic (exact) mass is 472 g/mol. The largest absolute Gasteiger partial charge is 0.340 e. The van der Waals surface area contributed by atoms with Gasteiger partial charge in [0.2, 0.25) is 15.9 Å². The van der Waals surface area contributed by atoms with Crippen molar-refractivity contribution in [2.75, 3.05) is 56.4 Å². The number of hydrogen-bond donors (Lipinski definition) is 1. The minimum Gasteiger partial charge on any atom is -0.340 e. The molecule has 4 rings (SSSR count). The van der Waals surface area contributed by atoms with E-state index in [1.807, 2.05) is 25.1 Å². The van der Waals surface area contributed by atoms with E-state index in [1.165, 1.54) is 18.4 Å². The molecule has 0 aliphatic carbocycles. The van der Waals surface area contributed by atoms with Crippen LogP contribution in [0.25, 0.3) is 0 Å². The Bertz CT molecular complexity index is 1140. The number of anilines is 4. The Hall–Kier alpha value is -2.69. The first-order valence-corrected chi connectivity index (χ1v) is 12.6. The molecule has 0 unspecified atom stereocenters. The van der Waals surface area contributed by atoms with Crippen molar-refractivity contribution in [2.24, 2.45) is 0 Å². The van der Waals surface area contributed by atoms with Crippen molar-refractivity contribution in [3.05, 3.63) is 36.4 Å². The number of sulfonamides is 1. The molecule has 0 saturated carbocycles. The molecule has 0 bridgehead atoms. The van der Waals surface area contributed by atoms with Crippen molar-refractivity contribution < 1.29 is 13.2 Å². The molecule has 1 saturated heterocycles. The lowest BCUT2D eigenvalue weighted by Gasteiger charge is -2.45. The molecule has 1 amide bonds. The molecule has 1 N–H and O–H groups in total. The zero-order valence-electron chi connectivity index (χ0n) is 19.8. The van der Waals surface area contributed by atoms with Crippen molar-refractivity contribution in [3.8, 4) is 0 Å². The van der Waals surface area contributed by atoms with Crippen LogP contribution in [0, 0.1) is 0 Å². The zero-order valence-corrected chi connectivity index (χ0v) is 20.6. The van der Waals surface area contributed by atoms with Gasteiger partial charge in [0.05, 0.1) is 10.6 Å². The van der Waals surface area contributed by atoms with E-state index in [9.17, 15) is 13.2 Å². The Kier molecular flexibility index (Phi) is 6.35. The van der Waals surface area contributed by atoms with Gasteiger partial charge in [-0.05, 0) is 70.2 Å². The molecule has 10 heteroatoms. The molecule has 33 heavy (non-hydrogen) atoms. The Morgan fingerprint density at radius 2 is 1.79 bits per heavy atom. The lowest BCUT2D eigenvalue weighted by Crippen LogP contribution is -2.57. The number of carbonyl (C=O) groups is 1. The highest BCUT2D eigenvalue weighted by molar-refractivity contribution is 7.89. The first kappa shape index (κ1) is 23.5. The standard InChI is InChI=1S/C23H32N6O3S/c1-16-23(30)28(5)20-9-10-21(25-22(20)29(16)18-11-13-27(4)14-12-18)24-17-7-6-8-19(15-17)33(31,32)26(2)3/h6-10,15-16,18H,11-14H2,1-5H3,(H,24,25)/t16-/m1/s1. The summed E-state index contributed by atoms with van der Waals surface area (Å²) >= 11 is 0. The van der Waals surface area contributed by atoms with Crippen molar-refractivity contribution in [3.63, 3.8) is 0 Å². The van der Waals surface area contributed by atoms with Crippen molar-refractivity contribution in [1.82, 2.24) is 14.2 Å². The van der Waals surface area contributed by atoms with Crippen molar-refractivity contribution in [2.45, 2.75) is 36.7 Å². The summed E-state index contributed by atoms with van der Waals surface area (Å²) in [6, 6.07) is 10.3. The summed E-state index contributed by atoms with van der Waals surface area (Å²) < 4.78 is 26.2. The number of pyridine rings is 1. The number of piperidine rings is 1. The predicted molar refractivity (Wildman–Crippen MR) is 131 cm³/mol. The smallest absolute Gasteiger partial charge is 0.249 e. The third-order valence-corrected chi connectivity index (χ3v) is 8.34. The normalized spacial score (nSPS) is 20.3. The van der Waals surface area contributed by atoms with E-state index < -0.39 is 10.0 Å². The number of likely N-dealkylation sites (N-methyl/N-ethyl adjacent to an activating group) is 1. The number of likely N-dealkylation sites (tertiary alicyclic amines) is 1. The minimum absolute atomic E-state index is 0.0607. The topological polar surface area (TPSA) is 89.1 Å². The number of hydrogen-bond acceptors (Lipinski definition) is 7. The molecule has 0 spiro atoms. The molecule has 2 aliphatic rings. The third kappa shape index (κ3) is 4.42. The Balaban J connectivity index is 1.68. The Morgan fingerprint density at radius 3 is 2.45 bits per heavy atom. The lowest BCUT2D eigenvalue weighted by molar-refractivity contribution is -0.119. The van der Waals surface area contributed by atoms with E-state index in [4.69, 9.17) is 4.98 Å².